The number of hydrogen-bond donors (Lipinski definition) is 1. The topological polar surface area (TPSA) is 42.1 Å². The largest absolute Gasteiger partial charge is 0.497 e. The number of benzene rings is 1. The Kier molecular flexibility index (Phi) is 1.63. The van der Waals surface area contributed by atoms with Gasteiger partial charge < -0.3 is 9.72 Å². The van der Waals surface area contributed by atoms with Gasteiger partial charge in [-0.1, -0.05) is 0 Å². The van der Waals surface area contributed by atoms with E-state index in [1.165, 1.54) is 0 Å². The summed E-state index contributed by atoms with van der Waals surface area (Å²) < 4.78 is 5.16. The van der Waals surface area contributed by atoms with Gasteiger partial charge >= 0.3 is 0 Å². The third-order valence-corrected chi connectivity index (χ3v) is 2.96. The first kappa shape index (κ1) is 8.53. The molecule has 1 aliphatic rings. The van der Waals surface area contributed by atoms with Crippen molar-refractivity contribution in [3.63, 3.8) is 0 Å². The zero-order valence-corrected chi connectivity index (χ0v) is 8.46. The highest BCUT2D eigenvalue weighted by Crippen LogP contribution is 2.31. The van der Waals surface area contributed by atoms with Crippen molar-refractivity contribution in [3.05, 3.63) is 29.5 Å². The third kappa shape index (κ3) is 1.09. The fraction of sp³-hybridized carbons (Fsp3) is 0.250. The number of aromatic amines is 1. The van der Waals surface area contributed by atoms with Crippen molar-refractivity contribution in [1.29, 1.82) is 0 Å². The summed E-state index contributed by atoms with van der Waals surface area (Å²) in [6.07, 6.45) is 1.47. The van der Waals surface area contributed by atoms with Crippen LogP contribution in [0.25, 0.3) is 10.9 Å². The Morgan fingerprint density at radius 3 is 3.00 bits per heavy atom. The molecule has 1 aliphatic carbocycles. The number of aromatic nitrogens is 1. The number of H-pyrrole nitrogens is 1. The van der Waals surface area contributed by atoms with Crippen LogP contribution in [0.3, 0.4) is 0 Å². The molecule has 0 fully saturated rings. The molecular weight excluding hydrogens is 190 g/mol. The van der Waals surface area contributed by atoms with Crippen LogP contribution >= 0.6 is 0 Å². The zero-order chi connectivity index (χ0) is 10.4. The summed E-state index contributed by atoms with van der Waals surface area (Å²) in [6.45, 7) is 0. The Morgan fingerprint density at radius 2 is 2.20 bits per heavy atom. The molecule has 2 aromatic rings. The van der Waals surface area contributed by atoms with Gasteiger partial charge in [-0.3, -0.25) is 4.79 Å². The quantitative estimate of drug-likeness (QED) is 0.769. The Bertz CT molecular complexity index is 554. The minimum atomic E-state index is 0.240. The Balaban J connectivity index is 2.34. The Morgan fingerprint density at radius 1 is 1.33 bits per heavy atom. The number of hydrogen-bond acceptors (Lipinski definition) is 2. The molecule has 0 unspecified atom stereocenters. The lowest BCUT2D eigenvalue weighted by Crippen LogP contribution is -1.90. The first-order valence-corrected chi connectivity index (χ1v) is 5.01. The standard InChI is InChI=1S/C12H11NO2/c1-15-7-2-3-9-8(6-7)12-10(13-9)4-5-11(12)14/h2-3,6,13H,4-5H2,1H3. The monoisotopic (exact) mass is 201 g/mol. The molecule has 1 aromatic carbocycles. The van der Waals surface area contributed by atoms with Crippen LogP contribution < -0.4 is 4.74 Å². The van der Waals surface area contributed by atoms with Crippen LogP contribution in [-0.2, 0) is 6.42 Å². The molecule has 15 heavy (non-hydrogen) atoms. The molecule has 0 aliphatic heterocycles. The van der Waals surface area contributed by atoms with E-state index in [0.29, 0.717) is 6.42 Å². The maximum absolute atomic E-state index is 11.7. The van der Waals surface area contributed by atoms with Crippen LogP contribution in [0.15, 0.2) is 18.2 Å². The van der Waals surface area contributed by atoms with E-state index in [4.69, 9.17) is 4.74 Å². The molecule has 1 heterocycles. The maximum atomic E-state index is 11.7. The van der Waals surface area contributed by atoms with Gasteiger partial charge in [0, 0.05) is 28.6 Å². The van der Waals surface area contributed by atoms with E-state index < -0.39 is 0 Å². The van der Waals surface area contributed by atoms with Crippen molar-refractivity contribution in [3.8, 4) is 5.75 Å². The van der Waals surface area contributed by atoms with Gasteiger partial charge in [-0.15, -0.1) is 0 Å². The summed E-state index contributed by atoms with van der Waals surface area (Å²) in [5.41, 5.74) is 2.96. The number of ketones is 1. The summed E-state index contributed by atoms with van der Waals surface area (Å²) >= 11 is 0. The third-order valence-electron chi connectivity index (χ3n) is 2.96. The minimum absolute atomic E-state index is 0.240. The van der Waals surface area contributed by atoms with Gasteiger partial charge in [-0.25, -0.2) is 0 Å². The molecule has 0 radical (unpaired) electrons. The van der Waals surface area contributed by atoms with Gasteiger partial charge in [0.05, 0.1) is 7.11 Å². The minimum Gasteiger partial charge on any atom is -0.497 e. The first-order chi connectivity index (χ1) is 7.29. The van der Waals surface area contributed by atoms with Gasteiger partial charge in [0.1, 0.15) is 5.75 Å². The van der Waals surface area contributed by atoms with Gasteiger partial charge in [-0.05, 0) is 24.6 Å². The average Bonchev–Trinajstić information content (AvgIpc) is 2.78. The fourth-order valence-corrected chi connectivity index (χ4v) is 2.22. The zero-order valence-electron chi connectivity index (χ0n) is 8.46. The van der Waals surface area contributed by atoms with E-state index in [-0.39, 0.29) is 5.78 Å². The number of nitrogens with one attached hydrogen (secondary N) is 1. The molecular formula is C12H11NO2. The van der Waals surface area contributed by atoms with Crippen molar-refractivity contribution in [2.45, 2.75) is 12.8 Å². The molecule has 1 aromatic heterocycles. The number of ether oxygens (including phenoxy) is 1. The summed E-state index contributed by atoms with van der Waals surface area (Å²) in [5, 5.41) is 0.992. The number of carbonyl (C=O) groups excluding carboxylic acids is 1. The predicted molar refractivity (Wildman–Crippen MR) is 57.5 cm³/mol. The number of fused-ring (bicyclic) bond motifs is 3. The summed E-state index contributed by atoms with van der Waals surface area (Å²) in [4.78, 5) is 15.0. The van der Waals surface area contributed by atoms with Gasteiger partial charge in [0.2, 0.25) is 0 Å². The molecule has 76 valence electrons. The summed E-state index contributed by atoms with van der Waals surface area (Å²) in [6, 6.07) is 5.78. The lowest BCUT2D eigenvalue weighted by Gasteiger charge is -1.99. The van der Waals surface area contributed by atoms with E-state index in [1.807, 2.05) is 18.2 Å². The van der Waals surface area contributed by atoms with Crippen LogP contribution in [0.1, 0.15) is 22.5 Å². The molecule has 0 atom stereocenters. The molecule has 3 heteroatoms. The molecule has 0 spiro atoms. The van der Waals surface area contributed by atoms with Gasteiger partial charge in [0.15, 0.2) is 5.78 Å². The highest BCUT2D eigenvalue weighted by atomic mass is 16.5. The van der Waals surface area contributed by atoms with E-state index in [0.717, 1.165) is 34.3 Å². The second-order valence-electron chi connectivity index (χ2n) is 3.81. The fourth-order valence-electron chi connectivity index (χ4n) is 2.22. The molecule has 3 nitrogen and oxygen atoms in total. The number of methoxy groups -OCH3 is 1. The van der Waals surface area contributed by atoms with Crippen LogP contribution in [0.2, 0.25) is 0 Å². The van der Waals surface area contributed by atoms with E-state index in [9.17, 15) is 4.79 Å². The highest BCUT2D eigenvalue weighted by molar-refractivity contribution is 6.11. The maximum Gasteiger partial charge on any atom is 0.165 e. The number of carbonyl (C=O) groups is 1. The molecule has 0 saturated carbocycles. The molecule has 0 amide bonds. The molecule has 3 rings (SSSR count). The van der Waals surface area contributed by atoms with Crippen LogP contribution in [0.4, 0.5) is 0 Å². The average molecular weight is 201 g/mol. The number of rotatable bonds is 1. The lowest BCUT2D eigenvalue weighted by molar-refractivity contribution is 0.0996. The van der Waals surface area contributed by atoms with E-state index in [1.54, 1.807) is 7.11 Å². The van der Waals surface area contributed by atoms with Crippen LogP contribution in [0, 0.1) is 0 Å². The molecule has 0 bridgehead atoms. The second-order valence-corrected chi connectivity index (χ2v) is 3.81. The number of Topliss-reactive ketones (excluding diaryl/α,β-unsaturated/α-hetero) is 1. The van der Waals surface area contributed by atoms with E-state index >= 15 is 0 Å². The van der Waals surface area contributed by atoms with Crippen molar-refractivity contribution in [1.82, 2.24) is 4.98 Å². The predicted octanol–water partition coefficient (Wildman–Crippen LogP) is 2.31. The Hall–Kier alpha value is -1.77. The van der Waals surface area contributed by atoms with Crippen molar-refractivity contribution in [2.75, 3.05) is 7.11 Å². The smallest absolute Gasteiger partial charge is 0.165 e. The van der Waals surface area contributed by atoms with Crippen molar-refractivity contribution in [2.24, 2.45) is 0 Å². The van der Waals surface area contributed by atoms with Crippen LogP contribution in [-0.4, -0.2) is 17.9 Å². The molecule has 1 N–H and O–H groups in total. The first-order valence-electron chi connectivity index (χ1n) is 5.01. The lowest BCUT2D eigenvalue weighted by atomic mass is 10.1. The molecule has 0 saturated heterocycles. The van der Waals surface area contributed by atoms with Gasteiger partial charge in [-0.2, -0.15) is 0 Å². The highest BCUT2D eigenvalue weighted by Gasteiger charge is 2.24. The summed E-state index contributed by atoms with van der Waals surface area (Å²) in [5.74, 6) is 1.04. The van der Waals surface area contributed by atoms with Crippen molar-refractivity contribution < 1.29 is 9.53 Å². The Labute approximate surface area is 87.1 Å². The second kappa shape index (κ2) is 2.86. The van der Waals surface area contributed by atoms with Crippen molar-refractivity contribution >= 4 is 16.7 Å². The summed E-state index contributed by atoms with van der Waals surface area (Å²) in [7, 11) is 1.63. The normalized spacial score (nSPS) is 14.6. The SMILES string of the molecule is COc1ccc2[nH]c3c(c2c1)C(=O)CC3. The van der Waals surface area contributed by atoms with Gasteiger partial charge in [0.25, 0.3) is 0 Å². The van der Waals surface area contributed by atoms with E-state index in [2.05, 4.69) is 4.98 Å². The van der Waals surface area contributed by atoms with Crippen LogP contribution in [0.5, 0.6) is 5.75 Å². The number of aryl methyl sites for hydroxylation is 1.